The van der Waals surface area contributed by atoms with Crippen LogP contribution in [0.15, 0.2) is 58.2 Å². The average molecular weight is 413 g/mol. The van der Waals surface area contributed by atoms with Crippen molar-refractivity contribution in [2.75, 3.05) is 18.2 Å². The number of benzene rings is 2. The van der Waals surface area contributed by atoms with Crippen LogP contribution in [0.4, 0.5) is 5.69 Å². The van der Waals surface area contributed by atoms with E-state index in [1.54, 1.807) is 24.3 Å². The first-order valence-electron chi connectivity index (χ1n) is 8.67. The summed E-state index contributed by atoms with van der Waals surface area (Å²) < 4.78 is 15.9. The van der Waals surface area contributed by atoms with Crippen molar-refractivity contribution in [1.29, 1.82) is 0 Å². The lowest BCUT2D eigenvalue weighted by Gasteiger charge is -2.08. The minimum absolute atomic E-state index is 0.0375. The second-order valence-corrected chi connectivity index (χ2v) is 6.82. The van der Waals surface area contributed by atoms with Crippen LogP contribution in [0, 0.1) is 6.92 Å². The van der Waals surface area contributed by atoms with Gasteiger partial charge in [-0.1, -0.05) is 42.1 Å². The number of methoxy groups -OCH3 is 1. The molecule has 1 amide bonds. The first-order chi connectivity index (χ1) is 14.1. The predicted octanol–water partition coefficient (Wildman–Crippen LogP) is 3.47. The van der Waals surface area contributed by atoms with Gasteiger partial charge in [-0.05, 0) is 30.7 Å². The number of nitrogens with zero attached hydrogens (tertiary/aromatic N) is 2. The Morgan fingerprint density at radius 3 is 2.66 bits per heavy atom. The fraction of sp³-hybridized carbons (Fsp3) is 0.200. The Bertz CT molecular complexity index is 1010. The number of amides is 1. The number of nitrogens with one attached hydrogen (secondary N) is 1. The molecular weight excluding hydrogens is 394 g/mol. The molecule has 0 atom stereocenters. The molecule has 1 aromatic heterocycles. The molecule has 0 aliphatic rings. The van der Waals surface area contributed by atoms with Crippen molar-refractivity contribution >= 4 is 29.3 Å². The monoisotopic (exact) mass is 413 g/mol. The highest BCUT2D eigenvalue weighted by Gasteiger charge is 2.15. The largest absolute Gasteiger partial charge is 0.484 e. The van der Waals surface area contributed by atoms with Crippen molar-refractivity contribution in [3.63, 3.8) is 0 Å². The second-order valence-electron chi connectivity index (χ2n) is 5.89. The maximum Gasteiger partial charge on any atom is 0.339 e. The van der Waals surface area contributed by atoms with Crippen LogP contribution in [0.1, 0.15) is 21.8 Å². The van der Waals surface area contributed by atoms with E-state index in [0.717, 1.165) is 23.1 Å². The molecule has 0 unspecified atom stereocenters. The number of aromatic nitrogens is 2. The summed E-state index contributed by atoms with van der Waals surface area (Å²) in [6.45, 7) is 2.08. The van der Waals surface area contributed by atoms with Crippen LogP contribution >= 0.6 is 11.8 Å². The van der Waals surface area contributed by atoms with Crippen LogP contribution < -0.4 is 10.1 Å². The summed E-state index contributed by atoms with van der Waals surface area (Å²) in [6, 6.07) is 14.2. The van der Waals surface area contributed by atoms with Gasteiger partial charge in [0.05, 0.1) is 24.1 Å². The number of carbonyl (C=O) groups excluding carboxylic acids is 2. The van der Waals surface area contributed by atoms with Gasteiger partial charge in [-0.2, -0.15) is 0 Å². The zero-order valence-electron chi connectivity index (χ0n) is 15.9. The Morgan fingerprint density at radius 2 is 1.86 bits per heavy atom. The molecule has 8 nitrogen and oxygen atoms in total. The summed E-state index contributed by atoms with van der Waals surface area (Å²) in [6.07, 6.45) is 0. The number of rotatable bonds is 8. The van der Waals surface area contributed by atoms with E-state index in [1.165, 1.54) is 7.11 Å². The van der Waals surface area contributed by atoms with Gasteiger partial charge >= 0.3 is 5.97 Å². The summed E-state index contributed by atoms with van der Waals surface area (Å²) in [5, 5.41) is 10.8. The molecule has 9 heteroatoms. The van der Waals surface area contributed by atoms with Gasteiger partial charge in [-0.15, -0.1) is 10.2 Å². The molecule has 0 fully saturated rings. The predicted molar refractivity (Wildman–Crippen MR) is 107 cm³/mol. The van der Waals surface area contributed by atoms with Gasteiger partial charge in [0.1, 0.15) is 5.75 Å². The van der Waals surface area contributed by atoms with Crippen molar-refractivity contribution in [1.82, 2.24) is 10.2 Å². The average Bonchev–Trinajstić information content (AvgIpc) is 3.19. The maximum atomic E-state index is 12.2. The fourth-order valence-electron chi connectivity index (χ4n) is 2.41. The van der Waals surface area contributed by atoms with E-state index in [9.17, 15) is 9.59 Å². The Labute approximate surface area is 171 Å². The van der Waals surface area contributed by atoms with E-state index in [-0.39, 0.29) is 29.1 Å². The molecule has 0 aliphatic heterocycles. The molecule has 150 valence electrons. The highest BCUT2D eigenvalue weighted by molar-refractivity contribution is 7.99. The molecule has 0 saturated heterocycles. The molecule has 29 heavy (non-hydrogen) atoms. The van der Waals surface area contributed by atoms with E-state index in [2.05, 4.69) is 15.5 Å². The highest BCUT2D eigenvalue weighted by Crippen LogP contribution is 2.21. The van der Waals surface area contributed by atoms with E-state index in [4.69, 9.17) is 13.9 Å². The van der Waals surface area contributed by atoms with E-state index in [1.807, 2.05) is 31.2 Å². The topological polar surface area (TPSA) is 104 Å². The van der Waals surface area contributed by atoms with Crippen LogP contribution in [0.25, 0.3) is 0 Å². The molecule has 3 aromatic rings. The van der Waals surface area contributed by atoms with Crippen molar-refractivity contribution in [3.05, 3.63) is 65.5 Å². The highest BCUT2D eigenvalue weighted by atomic mass is 32.2. The molecule has 1 N–H and O–H groups in total. The molecule has 0 aliphatic carbocycles. The molecule has 0 spiro atoms. The summed E-state index contributed by atoms with van der Waals surface area (Å²) in [4.78, 5) is 24.0. The fourth-order valence-corrected chi connectivity index (χ4v) is 2.99. The summed E-state index contributed by atoms with van der Waals surface area (Å²) in [5.41, 5.74) is 1.66. The normalized spacial score (nSPS) is 10.4. The van der Waals surface area contributed by atoms with Gasteiger partial charge < -0.3 is 19.2 Å². The van der Waals surface area contributed by atoms with Crippen LogP contribution in [-0.4, -0.2) is 34.9 Å². The van der Waals surface area contributed by atoms with Crippen molar-refractivity contribution < 1.29 is 23.5 Å². The van der Waals surface area contributed by atoms with Crippen molar-refractivity contribution in [2.24, 2.45) is 0 Å². The van der Waals surface area contributed by atoms with Gasteiger partial charge in [0.2, 0.25) is 5.91 Å². The lowest BCUT2D eigenvalue weighted by molar-refractivity contribution is -0.113. The zero-order valence-corrected chi connectivity index (χ0v) is 16.7. The third-order valence-electron chi connectivity index (χ3n) is 3.83. The lowest BCUT2D eigenvalue weighted by Crippen LogP contribution is -2.17. The molecule has 0 saturated carbocycles. The Hall–Kier alpha value is -3.33. The van der Waals surface area contributed by atoms with Gasteiger partial charge in [-0.3, -0.25) is 4.79 Å². The summed E-state index contributed by atoms with van der Waals surface area (Å²) in [5.74, 6) is 0.247. The number of aryl methyl sites for hydroxylation is 1. The van der Waals surface area contributed by atoms with Crippen molar-refractivity contribution in [2.45, 2.75) is 18.8 Å². The number of thioether (sulfide) groups is 1. The minimum Gasteiger partial charge on any atom is -0.484 e. The lowest BCUT2D eigenvalue weighted by atomic mass is 10.2. The molecule has 1 heterocycles. The van der Waals surface area contributed by atoms with Crippen molar-refractivity contribution in [3.8, 4) is 5.75 Å². The third-order valence-corrected chi connectivity index (χ3v) is 4.64. The SMILES string of the molecule is COC(=O)c1ccccc1NC(=O)CSc1nnc(COc2ccccc2C)o1. The molecule has 2 aromatic carbocycles. The Kier molecular flexibility index (Phi) is 6.85. The summed E-state index contributed by atoms with van der Waals surface area (Å²) in [7, 11) is 1.28. The van der Waals surface area contributed by atoms with Crippen LogP contribution in [0.5, 0.6) is 5.75 Å². The number of anilines is 1. The number of esters is 1. The van der Waals surface area contributed by atoms with Crippen LogP contribution in [0.3, 0.4) is 0 Å². The smallest absolute Gasteiger partial charge is 0.339 e. The number of para-hydroxylation sites is 2. The van der Waals surface area contributed by atoms with E-state index in [0.29, 0.717) is 11.6 Å². The third kappa shape index (κ3) is 5.58. The zero-order chi connectivity index (χ0) is 20.6. The summed E-state index contributed by atoms with van der Waals surface area (Å²) >= 11 is 1.09. The standard InChI is InChI=1S/C20H19N3O5S/c1-13-7-3-6-10-16(13)27-11-18-22-23-20(28-18)29-12-17(24)21-15-9-5-4-8-14(15)19(25)26-2/h3-10H,11-12H2,1-2H3,(H,21,24). The molecular formula is C20H19N3O5S. The Morgan fingerprint density at radius 1 is 1.10 bits per heavy atom. The molecule has 3 rings (SSSR count). The molecule has 0 radical (unpaired) electrons. The first kappa shape index (κ1) is 20.4. The number of hydrogen-bond donors (Lipinski definition) is 1. The first-order valence-corrected chi connectivity index (χ1v) is 9.66. The van der Waals surface area contributed by atoms with Crippen LogP contribution in [0.2, 0.25) is 0 Å². The number of ether oxygens (including phenoxy) is 2. The van der Waals surface area contributed by atoms with Gasteiger partial charge in [-0.25, -0.2) is 4.79 Å². The van der Waals surface area contributed by atoms with Gasteiger partial charge in [0.25, 0.3) is 11.1 Å². The second kappa shape index (κ2) is 9.74. The number of hydrogen-bond acceptors (Lipinski definition) is 8. The molecule has 0 bridgehead atoms. The quantitative estimate of drug-likeness (QED) is 0.442. The van der Waals surface area contributed by atoms with E-state index < -0.39 is 5.97 Å². The number of carbonyl (C=O) groups is 2. The minimum atomic E-state index is -0.524. The maximum absolute atomic E-state index is 12.2. The van der Waals surface area contributed by atoms with Gasteiger partial charge in [0, 0.05) is 0 Å². The van der Waals surface area contributed by atoms with E-state index >= 15 is 0 Å². The van der Waals surface area contributed by atoms with Gasteiger partial charge in [0.15, 0.2) is 6.61 Å². The Balaban J connectivity index is 1.51. The van der Waals surface area contributed by atoms with Crippen LogP contribution in [-0.2, 0) is 16.1 Å².